The summed E-state index contributed by atoms with van der Waals surface area (Å²) in [5.74, 6) is 0. The summed E-state index contributed by atoms with van der Waals surface area (Å²) in [5, 5.41) is 0. The topological polar surface area (TPSA) is 107 Å². The monoisotopic (exact) mass is 390 g/mol. The van der Waals surface area contributed by atoms with E-state index < -0.39 is 36.8 Å². The van der Waals surface area contributed by atoms with Crippen LogP contribution in [0.1, 0.15) is 60.8 Å². The molecule has 0 saturated heterocycles. The zero-order chi connectivity index (χ0) is 20.6. The third-order valence-electron chi connectivity index (χ3n) is 3.44. The van der Waals surface area contributed by atoms with Crippen LogP contribution in [0, 0.1) is 0 Å². The van der Waals surface area contributed by atoms with E-state index in [-0.39, 0.29) is 24.7 Å². The number of carbonyl (C=O) groups excluding carboxylic acids is 3. The molecule has 0 aliphatic heterocycles. The van der Waals surface area contributed by atoms with Crippen LogP contribution in [-0.4, -0.2) is 55.1 Å². The van der Waals surface area contributed by atoms with Gasteiger partial charge in [0.25, 0.3) is 0 Å². The normalized spacial score (nSPS) is 22.3. The predicted molar refractivity (Wildman–Crippen MR) is 93.3 cm³/mol. The minimum absolute atomic E-state index is 0.153. The highest BCUT2D eigenvalue weighted by Gasteiger charge is 2.38. The fraction of sp³-hybridized carbons (Fsp3) is 0.833. The molecule has 1 aliphatic rings. The molecule has 0 amide bonds. The summed E-state index contributed by atoms with van der Waals surface area (Å²) in [6, 6.07) is 0. The fourth-order valence-corrected chi connectivity index (χ4v) is 2.47. The van der Waals surface area contributed by atoms with Gasteiger partial charge in [-0.25, -0.2) is 14.4 Å². The summed E-state index contributed by atoms with van der Waals surface area (Å²) in [6.07, 6.45) is -4.72. The van der Waals surface area contributed by atoms with Crippen molar-refractivity contribution in [2.24, 2.45) is 0 Å². The first-order chi connectivity index (χ1) is 12.6. The highest BCUT2D eigenvalue weighted by atomic mass is 16.8. The van der Waals surface area contributed by atoms with Gasteiger partial charge in [0.2, 0.25) is 0 Å². The van der Waals surface area contributed by atoms with Gasteiger partial charge in [-0.3, -0.25) is 0 Å². The molecule has 1 fully saturated rings. The van der Waals surface area contributed by atoms with E-state index in [0.717, 1.165) is 0 Å². The van der Waals surface area contributed by atoms with Crippen molar-refractivity contribution in [3.63, 3.8) is 0 Å². The maximum absolute atomic E-state index is 11.9. The molecule has 0 aromatic rings. The highest BCUT2D eigenvalue weighted by Crippen LogP contribution is 2.28. The van der Waals surface area contributed by atoms with Crippen molar-refractivity contribution in [1.82, 2.24) is 0 Å². The molecule has 0 N–H and O–H groups in total. The van der Waals surface area contributed by atoms with Gasteiger partial charge < -0.3 is 28.4 Å². The SMILES string of the molecule is CC(C)OC(=O)OC1CCC(OC(=O)OC(C)C)C(OC(=O)OC(C)C)C1. The van der Waals surface area contributed by atoms with Crippen molar-refractivity contribution in [3.8, 4) is 0 Å². The molecular weight excluding hydrogens is 360 g/mol. The highest BCUT2D eigenvalue weighted by molar-refractivity contribution is 5.62. The average molecular weight is 390 g/mol. The Kier molecular flexibility index (Phi) is 9.17. The Hall–Kier alpha value is -2.19. The van der Waals surface area contributed by atoms with Gasteiger partial charge in [-0.1, -0.05) is 0 Å². The first kappa shape index (κ1) is 22.9. The molecule has 1 rings (SSSR count). The molecule has 0 aromatic heterocycles. The van der Waals surface area contributed by atoms with Crippen LogP contribution in [0.3, 0.4) is 0 Å². The first-order valence-corrected chi connectivity index (χ1v) is 9.18. The Morgan fingerprint density at radius 1 is 0.630 bits per heavy atom. The summed E-state index contributed by atoms with van der Waals surface area (Å²) < 4.78 is 30.7. The van der Waals surface area contributed by atoms with E-state index in [1.165, 1.54) is 0 Å². The summed E-state index contributed by atoms with van der Waals surface area (Å²) in [7, 11) is 0. The third kappa shape index (κ3) is 9.35. The molecule has 9 heteroatoms. The van der Waals surface area contributed by atoms with Crippen LogP contribution in [-0.2, 0) is 28.4 Å². The van der Waals surface area contributed by atoms with E-state index >= 15 is 0 Å². The van der Waals surface area contributed by atoms with E-state index in [9.17, 15) is 14.4 Å². The van der Waals surface area contributed by atoms with Gasteiger partial charge in [-0.15, -0.1) is 0 Å². The van der Waals surface area contributed by atoms with Crippen LogP contribution in [0.25, 0.3) is 0 Å². The molecule has 3 atom stereocenters. The van der Waals surface area contributed by atoms with E-state index in [2.05, 4.69) is 0 Å². The fourth-order valence-electron chi connectivity index (χ4n) is 2.47. The second-order valence-corrected chi connectivity index (χ2v) is 7.12. The number of rotatable bonds is 6. The number of ether oxygens (including phenoxy) is 6. The van der Waals surface area contributed by atoms with E-state index in [0.29, 0.717) is 12.8 Å². The van der Waals surface area contributed by atoms with Crippen molar-refractivity contribution in [1.29, 1.82) is 0 Å². The largest absolute Gasteiger partial charge is 0.508 e. The maximum atomic E-state index is 11.9. The Balaban J connectivity index is 2.71. The summed E-state index contributed by atoms with van der Waals surface area (Å²) in [5.41, 5.74) is 0. The van der Waals surface area contributed by atoms with Gasteiger partial charge in [0, 0.05) is 6.42 Å². The Morgan fingerprint density at radius 2 is 1.04 bits per heavy atom. The molecule has 0 spiro atoms. The molecule has 0 aromatic carbocycles. The van der Waals surface area contributed by atoms with Crippen molar-refractivity contribution >= 4 is 18.5 Å². The zero-order valence-electron chi connectivity index (χ0n) is 16.8. The van der Waals surface area contributed by atoms with E-state index in [4.69, 9.17) is 28.4 Å². The van der Waals surface area contributed by atoms with E-state index in [1.54, 1.807) is 41.5 Å². The van der Waals surface area contributed by atoms with Gasteiger partial charge in [0.05, 0.1) is 18.3 Å². The summed E-state index contributed by atoms with van der Waals surface area (Å²) in [4.78, 5) is 35.3. The molecule has 1 aliphatic carbocycles. The number of hydrogen-bond acceptors (Lipinski definition) is 9. The average Bonchev–Trinajstić information content (AvgIpc) is 2.47. The Morgan fingerprint density at radius 3 is 1.48 bits per heavy atom. The van der Waals surface area contributed by atoms with Crippen molar-refractivity contribution in [2.45, 2.75) is 97.4 Å². The lowest BCUT2D eigenvalue weighted by atomic mass is 9.92. The van der Waals surface area contributed by atoms with Crippen LogP contribution < -0.4 is 0 Å². The maximum Gasteiger partial charge on any atom is 0.508 e. The van der Waals surface area contributed by atoms with Crippen LogP contribution in [0.4, 0.5) is 14.4 Å². The van der Waals surface area contributed by atoms with Crippen LogP contribution in [0.2, 0.25) is 0 Å². The Bertz CT molecular complexity index is 501. The standard InChI is InChI=1S/C18H30O9/c1-10(2)22-16(19)25-13-7-8-14(26-17(20)23-11(3)4)15(9-13)27-18(21)24-12(5)6/h10-15H,7-9H2,1-6H3. The van der Waals surface area contributed by atoms with Crippen LogP contribution >= 0.6 is 0 Å². The zero-order valence-corrected chi connectivity index (χ0v) is 16.8. The Labute approximate surface area is 159 Å². The van der Waals surface area contributed by atoms with Gasteiger partial charge in [0.15, 0.2) is 0 Å². The number of carbonyl (C=O) groups is 3. The molecule has 27 heavy (non-hydrogen) atoms. The van der Waals surface area contributed by atoms with E-state index in [1.807, 2.05) is 0 Å². The molecule has 1 saturated carbocycles. The molecule has 0 bridgehead atoms. The van der Waals surface area contributed by atoms with Crippen molar-refractivity contribution < 1.29 is 42.8 Å². The van der Waals surface area contributed by atoms with Gasteiger partial charge in [-0.2, -0.15) is 0 Å². The quantitative estimate of drug-likeness (QED) is 0.492. The second-order valence-electron chi connectivity index (χ2n) is 7.12. The van der Waals surface area contributed by atoms with Crippen molar-refractivity contribution in [2.75, 3.05) is 0 Å². The lowest BCUT2D eigenvalue weighted by Gasteiger charge is -2.34. The molecular formula is C18H30O9. The molecule has 0 heterocycles. The predicted octanol–water partition coefficient (Wildman–Crippen LogP) is 3.96. The minimum atomic E-state index is -0.883. The van der Waals surface area contributed by atoms with Gasteiger partial charge in [0.1, 0.15) is 18.3 Å². The van der Waals surface area contributed by atoms with Crippen LogP contribution in [0.15, 0.2) is 0 Å². The molecule has 3 unspecified atom stereocenters. The number of hydrogen-bond donors (Lipinski definition) is 0. The second kappa shape index (κ2) is 10.8. The third-order valence-corrected chi connectivity index (χ3v) is 3.44. The first-order valence-electron chi connectivity index (χ1n) is 9.18. The molecule has 0 radical (unpaired) electrons. The molecule has 156 valence electrons. The lowest BCUT2D eigenvalue weighted by Crippen LogP contribution is -2.44. The summed E-state index contributed by atoms with van der Waals surface area (Å²) in [6.45, 7) is 10.2. The minimum Gasteiger partial charge on any atom is -0.432 e. The van der Waals surface area contributed by atoms with Crippen LogP contribution in [0.5, 0.6) is 0 Å². The van der Waals surface area contributed by atoms with Gasteiger partial charge in [-0.05, 0) is 54.4 Å². The van der Waals surface area contributed by atoms with Crippen molar-refractivity contribution in [3.05, 3.63) is 0 Å². The van der Waals surface area contributed by atoms with Gasteiger partial charge >= 0.3 is 18.5 Å². The lowest BCUT2D eigenvalue weighted by molar-refractivity contribution is -0.104. The smallest absolute Gasteiger partial charge is 0.432 e. The molecule has 9 nitrogen and oxygen atoms in total. The summed E-state index contributed by atoms with van der Waals surface area (Å²) >= 11 is 0.